The first-order valence-electron chi connectivity index (χ1n) is 5.56. The van der Waals surface area contributed by atoms with Crippen LogP contribution in [0.25, 0.3) is 0 Å². The Kier molecular flexibility index (Phi) is 4.41. The second kappa shape index (κ2) is 5.59. The molecule has 0 bridgehead atoms. The number of Topliss-reactive ketones (excluding diaryl/α,β-unsaturated/α-hetero) is 1. The molecule has 0 heterocycles. The molecule has 0 aliphatic heterocycles. The van der Waals surface area contributed by atoms with Gasteiger partial charge in [-0.25, -0.2) is 0 Å². The molecule has 1 aliphatic carbocycles. The quantitative estimate of drug-likeness (QED) is 0.664. The van der Waals surface area contributed by atoms with Gasteiger partial charge in [0.2, 0.25) is 0 Å². The highest BCUT2D eigenvalue weighted by Gasteiger charge is 2.14. The smallest absolute Gasteiger partial charge is 0.156 e. The average Bonchev–Trinajstić information content (AvgIpc) is 2.20. The van der Waals surface area contributed by atoms with Crippen molar-refractivity contribution in [2.24, 2.45) is 0 Å². The highest BCUT2D eigenvalue weighted by Crippen LogP contribution is 2.26. The van der Waals surface area contributed by atoms with Gasteiger partial charge in [-0.15, -0.1) is 0 Å². The van der Waals surface area contributed by atoms with Gasteiger partial charge in [-0.05, 0) is 37.8 Å². The first kappa shape index (κ1) is 12.6. The molecule has 0 spiro atoms. The topological polar surface area (TPSA) is 34.1 Å². The Morgan fingerprint density at radius 3 is 2.69 bits per heavy atom. The summed E-state index contributed by atoms with van der Waals surface area (Å²) in [6, 6.07) is 0. The Bertz CT molecular complexity index is 372. The fraction of sp³-hybridized carbons (Fsp3) is 0.429. The molecule has 0 aromatic heterocycles. The zero-order valence-electron chi connectivity index (χ0n) is 9.84. The summed E-state index contributed by atoms with van der Waals surface area (Å²) in [6.07, 6.45) is 4.91. The van der Waals surface area contributed by atoms with Crippen molar-refractivity contribution < 1.29 is 9.59 Å². The molecule has 0 saturated carbocycles. The van der Waals surface area contributed by atoms with Crippen LogP contribution in [0.15, 0.2) is 36.0 Å². The standard InChI is InChI=1S/C14H18O2/c1-10(4-6-12(3)15)8-13-9-14(16)7-5-11(13)2/h9H,1-2,4-8H2,3H3. The first-order valence-corrected chi connectivity index (χ1v) is 5.56. The number of ketones is 2. The normalized spacial score (nSPS) is 15.9. The second-order valence-electron chi connectivity index (χ2n) is 4.37. The Balaban J connectivity index is 2.52. The van der Waals surface area contributed by atoms with E-state index in [4.69, 9.17) is 0 Å². The van der Waals surface area contributed by atoms with Crippen LogP contribution < -0.4 is 0 Å². The third-order valence-electron chi connectivity index (χ3n) is 2.73. The van der Waals surface area contributed by atoms with Crippen molar-refractivity contribution >= 4 is 11.6 Å². The molecular weight excluding hydrogens is 200 g/mol. The minimum atomic E-state index is 0.168. The van der Waals surface area contributed by atoms with Gasteiger partial charge < -0.3 is 4.79 Å². The van der Waals surface area contributed by atoms with Crippen molar-refractivity contribution in [3.8, 4) is 0 Å². The summed E-state index contributed by atoms with van der Waals surface area (Å²) in [7, 11) is 0. The number of hydrogen-bond donors (Lipinski definition) is 0. The fourth-order valence-electron chi connectivity index (χ4n) is 1.69. The van der Waals surface area contributed by atoms with Gasteiger partial charge in [0.15, 0.2) is 5.78 Å². The monoisotopic (exact) mass is 218 g/mol. The molecule has 0 fully saturated rings. The SMILES string of the molecule is C=C(CCC(C)=O)CC1=CC(=O)CCC1=C. The third-order valence-corrected chi connectivity index (χ3v) is 2.73. The van der Waals surface area contributed by atoms with Gasteiger partial charge in [0, 0.05) is 12.8 Å². The van der Waals surface area contributed by atoms with E-state index in [2.05, 4.69) is 13.2 Å². The predicted octanol–water partition coefficient (Wildman–Crippen LogP) is 3.15. The lowest BCUT2D eigenvalue weighted by Gasteiger charge is -2.16. The van der Waals surface area contributed by atoms with E-state index >= 15 is 0 Å². The van der Waals surface area contributed by atoms with Crippen LogP contribution in [0.1, 0.15) is 39.0 Å². The summed E-state index contributed by atoms with van der Waals surface area (Å²) >= 11 is 0. The van der Waals surface area contributed by atoms with Gasteiger partial charge in [-0.2, -0.15) is 0 Å². The third kappa shape index (κ3) is 3.97. The lowest BCUT2D eigenvalue weighted by molar-refractivity contribution is -0.117. The number of rotatable bonds is 5. The van der Waals surface area contributed by atoms with Crippen LogP contribution in [0.2, 0.25) is 0 Å². The summed E-state index contributed by atoms with van der Waals surface area (Å²) < 4.78 is 0. The molecule has 0 aromatic rings. The Hall–Kier alpha value is -1.44. The Morgan fingerprint density at radius 2 is 2.06 bits per heavy atom. The molecule has 0 amide bonds. The van der Waals surface area contributed by atoms with Gasteiger partial charge in [-0.1, -0.05) is 24.3 Å². The van der Waals surface area contributed by atoms with E-state index in [9.17, 15) is 9.59 Å². The molecule has 0 saturated heterocycles. The lowest BCUT2D eigenvalue weighted by Crippen LogP contribution is -2.06. The highest BCUT2D eigenvalue weighted by atomic mass is 16.1. The molecular formula is C14H18O2. The predicted molar refractivity (Wildman–Crippen MR) is 65.1 cm³/mol. The van der Waals surface area contributed by atoms with Crippen LogP contribution in [-0.4, -0.2) is 11.6 Å². The average molecular weight is 218 g/mol. The summed E-state index contributed by atoms with van der Waals surface area (Å²) in [5, 5.41) is 0. The van der Waals surface area contributed by atoms with Crippen LogP contribution >= 0.6 is 0 Å². The van der Waals surface area contributed by atoms with E-state index in [1.807, 2.05) is 0 Å². The molecule has 1 rings (SSSR count). The summed E-state index contributed by atoms with van der Waals surface area (Å²) in [5.74, 6) is 0.343. The van der Waals surface area contributed by atoms with E-state index < -0.39 is 0 Å². The van der Waals surface area contributed by atoms with Crippen molar-refractivity contribution in [1.29, 1.82) is 0 Å². The van der Waals surface area contributed by atoms with Crippen molar-refractivity contribution in [2.45, 2.75) is 39.0 Å². The lowest BCUT2D eigenvalue weighted by atomic mass is 9.89. The molecule has 0 atom stereocenters. The van der Waals surface area contributed by atoms with Gasteiger partial charge in [-0.3, -0.25) is 4.79 Å². The summed E-state index contributed by atoms with van der Waals surface area (Å²) in [4.78, 5) is 22.1. The van der Waals surface area contributed by atoms with Crippen LogP contribution in [0, 0.1) is 0 Å². The molecule has 2 nitrogen and oxygen atoms in total. The van der Waals surface area contributed by atoms with Crippen molar-refractivity contribution in [2.75, 3.05) is 0 Å². The van der Waals surface area contributed by atoms with Gasteiger partial charge >= 0.3 is 0 Å². The molecule has 86 valence electrons. The maximum atomic E-state index is 11.3. The maximum Gasteiger partial charge on any atom is 0.156 e. The maximum absolute atomic E-state index is 11.3. The van der Waals surface area contributed by atoms with Gasteiger partial charge in [0.05, 0.1) is 0 Å². The minimum absolute atomic E-state index is 0.168. The van der Waals surface area contributed by atoms with Crippen LogP contribution in [0.3, 0.4) is 0 Å². The zero-order chi connectivity index (χ0) is 12.1. The number of allylic oxidation sites excluding steroid dienone is 4. The Morgan fingerprint density at radius 1 is 1.38 bits per heavy atom. The molecule has 0 N–H and O–H groups in total. The molecule has 1 aliphatic rings. The van der Waals surface area contributed by atoms with E-state index in [0.717, 1.165) is 23.1 Å². The number of hydrogen-bond acceptors (Lipinski definition) is 2. The Labute approximate surface area is 96.7 Å². The molecule has 0 unspecified atom stereocenters. The minimum Gasteiger partial charge on any atom is -0.300 e. The molecule has 2 heteroatoms. The molecule has 0 radical (unpaired) electrons. The van der Waals surface area contributed by atoms with E-state index in [0.29, 0.717) is 25.7 Å². The van der Waals surface area contributed by atoms with E-state index in [1.165, 1.54) is 0 Å². The van der Waals surface area contributed by atoms with Crippen molar-refractivity contribution in [3.63, 3.8) is 0 Å². The highest BCUT2D eigenvalue weighted by molar-refractivity contribution is 5.92. The second-order valence-corrected chi connectivity index (χ2v) is 4.37. The molecule has 0 aromatic carbocycles. The van der Waals surface area contributed by atoms with Crippen LogP contribution in [-0.2, 0) is 9.59 Å². The van der Waals surface area contributed by atoms with E-state index in [1.54, 1.807) is 13.0 Å². The van der Waals surface area contributed by atoms with Crippen molar-refractivity contribution in [1.82, 2.24) is 0 Å². The zero-order valence-corrected chi connectivity index (χ0v) is 9.84. The van der Waals surface area contributed by atoms with Crippen LogP contribution in [0.5, 0.6) is 0 Å². The fourth-order valence-corrected chi connectivity index (χ4v) is 1.69. The largest absolute Gasteiger partial charge is 0.300 e. The summed E-state index contributed by atoms with van der Waals surface area (Å²) in [6.45, 7) is 9.46. The van der Waals surface area contributed by atoms with Gasteiger partial charge in [0.25, 0.3) is 0 Å². The summed E-state index contributed by atoms with van der Waals surface area (Å²) in [5.41, 5.74) is 3.02. The first-order chi connectivity index (χ1) is 7.49. The molecule has 16 heavy (non-hydrogen) atoms. The number of carbonyl (C=O) groups excluding carboxylic acids is 2. The number of carbonyl (C=O) groups is 2. The van der Waals surface area contributed by atoms with E-state index in [-0.39, 0.29) is 11.6 Å². The van der Waals surface area contributed by atoms with Crippen molar-refractivity contribution in [3.05, 3.63) is 36.0 Å². The van der Waals surface area contributed by atoms with Crippen LogP contribution in [0.4, 0.5) is 0 Å². The van der Waals surface area contributed by atoms with Gasteiger partial charge in [0.1, 0.15) is 5.78 Å².